The van der Waals surface area contributed by atoms with E-state index in [-0.39, 0.29) is 5.91 Å². The van der Waals surface area contributed by atoms with Gasteiger partial charge in [-0.15, -0.1) is 0 Å². The number of para-hydroxylation sites is 1. The third-order valence-corrected chi connectivity index (χ3v) is 4.57. The summed E-state index contributed by atoms with van der Waals surface area (Å²) in [5, 5.41) is 4.38. The molecule has 23 heavy (non-hydrogen) atoms. The van der Waals surface area contributed by atoms with Gasteiger partial charge in [0, 0.05) is 30.8 Å². The van der Waals surface area contributed by atoms with E-state index in [1.165, 1.54) is 0 Å². The summed E-state index contributed by atoms with van der Waals surface area (Å²) in [5.41, 5.74) is 2.11. The fraction of sp³-hybridized carbons (Fsp3) is 0.444. The number of nitrogens with zero attached hydrogens (tertiary/aromatic N) is 1. The lowest BCUT2D eigenvalue weighted by Crippen LogP contribution is -2.25. The Bertz CT molecular complexity index is 711. The van der Waals surface area contributed by atoms with Gasteiger partial charge in [-0.2, -0.15) is 0 Å². The number of rotatable bonds is 5. The number of ether oxygens (including phenoxy) is 1. The first-order valence-electron chi connectivity index (χ1n) is 8.07. The van der Waals surface area contributed by atoms with E-state index in [0.717, 1.165) is 43.6 Å². The predicted octanol–water partition coefficient (Wildman–Crippen LogP) is 3.74. The van der Waals surface area contributed by atoms with Crippen LogP contribution in [-0.4, -0.2) is 30.6 Å². The van der Waals surface area contributed by atoms with Gasteiger partial charge in [-0.3, -0.25) is 9.78 Å². The average Bonchev–Trinajstić information content (AvgIpc) is 3.05. The first-order valence-corrected chi connectivity index (χ1v) is 8.45. The first-order chi connectivity index (χ1) is 11.1. The molecule has 0 bridgehead atoms. The second-order valence-electron chi connectivity index (χ2n) is 6.07. The van der Waals surface area contributed by atoms with Crippen LogP contribution in [0.3, 0.4) is 0 Å². The molecule has 1 aliphatic rings. The highest BCUT2D eigenvalue weighted by Gasteiger charge is 2.16. The number of hydrogen-bond acceptors (Lipinski definition) is 3. The van der Waals surface area contributed by atoms with Crippen LogP contribution in [0.1, 0.15) is 35.3 Å². The number of benzene rings is 1. The van der Waals surface area contributed by atoms with Gasteiger partial charge >= 0.3 is 0 Å². The second-order valence-corrected chi connectivity index (χ2v) is 6.48. The molecule has 1 aromatic heterocycles. The summed E-state index contributed by atoms with van der Waals surface area (Å²) in [6.45, 7) is 4.29. The quantitative estimate of drug-likeness (QED) is 0.848. The van der Waals surface area contributed by atoms with Crippen LogP contribution in [0.25, 0.3) is 10.9 Å². The van der Waals surface area contributed by atoms with Crippen molar-refractivity contribution in [3.63, 3.8) is 0 Å². The van der Waals surface area contributed by atoms with E-state index in [9.17, 15) is 4.79 Å². The maximum Gasteiger partial charge on any atom is 0.252 e. The third-order valence-electron chi connectivity index (χ3n) is 4.26. The van der Waals surface area contributed by atoms with E-state index in [1.807, 2.05) is 25.1 Å². The summed E-state index contributed by atoms with van der Waals surface area (Å²) in [6, 6.07) is 7.34. The third kappa shape index (κ3) is 3.82. The Labute approximate surface area is 141 Å². The highest BCUT2D eigenvalue weighted by atomic mass is 35.5. The number of pyridine rings is 1. The van der Waals surface area contributed by atoms with Gasteiger partial charge in [0.1, 0.15) is 0 Å². The molecule has 1 unspecified atom stereocenters. The van der Waals surface area contributed by atoms with Crippen molar-refractivity contribution in [2.45, 2.75) is 26.2 Å². The molecule has 4 nitrogen and oxygen atoms in total. The van der Waals surface area contributed by atoms with Gasteiger partial charge in [-0.1, -0.05) is 23.7 Å². The highest BCUT2D eigenvalue weighted by molar-refractivity contribution is 6.35. The Morgan fingerprint density at radius 1 is 1.48 bits per heavy atom. The van der Waals surface area contributed by atoms with Crippen molar-refractivity contribution in [3.8, 4) is 0 Å². The first kappa shape index (κ1) is 16.2. The topological polar surface area (TPSA) is 51.2 Å². The van der Waals surface area contributed by atoms with Gasteiger partial charge in [0.25, 0.3) is 5.91 Å². The number of fused-ring (bicyclic) bond motifs is 1. The number of carbonyl (C=O) groups excluding carboxylic acids is 1. The zero-order valence-corrected chi connectivity index (χ0v) is 14.0. The molecule has 1 saturated heterocycles. The number of aryl methyl sites for hydroxylation is 1. The molecule has 0 saturated carbocycles. The monoisotopic (exact) mass is 332 g/mol. The lowest BCUT2D eigenvalue weighted by molar-refractivity contribution is 0.0954. The smallest absolute Gasteiger partial charge is 0.252 e. The van der Waals surface area contributed by atoms with Crippen molar-refractivity contribution in [2.75, 3.05) is 19.8 Å². The molecule has 122 valence electrons. The van der Waals surface area contributed by atoms with Gasteiger partial charge in [0.05, 0.1) is 16.1 Å². The van der Waals surface area contributed by atoms with E-state index in [0.29, 0.717) is 28.6 Å². The molecule has 1 atom stereocenters. The van der Waals surface area contributed by atoms with Gasteiger partial charge in [-0.25, -0.2) is 0 Å². The van der Waals surface area contributed by atoms with Crippen LogP contribution in [0.15, 0.2) is 24.3 Å². The van der Waals surface area contributed by atoms with Crippen LogP contribution in [0.4, 0.5) is 0 Å². The van der Waals surface area contributed by atoms with Crippen LogP contribution >= 0.6 is 11.6 Å². The maximum atomic E-state index is 12.5. The number of amides is 1. The normalized spacial score (nSPS) is 17.6. The van der Waals surface area contributed by atoms with Crippen LogP contribution in [-0.2, 0) is 4.74 Å². The number of hydrogen-bond donors (Lipinski definition) is 1. The maximum absolute atomic E-state index is 12.5. The zero-order chi connectivity index (χ0) is 16.2. The largest absolute Gasteiger partial charge is 0.381 e. The van der Waals surface area contributed by atoms with Crippen molar-refractivity contribution in [3.05, 3.63) is 40.5 Å². The molecular weight excluding hydrogens is 312 g/mol. The average molecular weight is 333 g/mol. The Kier molecular flexibility index (Phi) is 5.13. The van der Waals surface area contributed by atoms with Gasteiger partial charge in [-0.05, 0) is 44.2 Å². The van der Waals surface area contributed by atoms with E-state index in [2.05, 4.69) is 10.3 Å². The Morgan fingerprint density at radius 2 is 2.35 bits per heavy atom. The summed E-state index contributed by atoms with van der Waals surface area (Å²) in [4.78, 5) is 17.0. The summed E-state index contributed by atoms with van der Waals surface area (Å²) >= 11 is 6.20. The minimum absolute atomic E-state index is 0.0644. The number of halogens is 1. The second kappa shape index (κ2) is 7.28. The molecule has 1 aliphatic heterocycles. The van der Waals surface area contributed by atoms with E-state index in [1.54, 1.807) is 6.07 Å². The highest BCUT2D eigenvalue weighted by Crippen LogP contribution is 2.25. The van der Waals surface area contributed by atoms with Gasteiger partial charge in [0.2, 0.25) is 0 Å². The Morgan fingerprint density at radius 3 is 3.13 bits per heavy atom. The van der Waals surface area contributed by atoms with Crippen LogP contribution < -0.4 is 5.32 Å². The van der Waals surface area contributed by atoms with Crippen molar-refractivity contribution < 1.29 is 9.53 Å². The summed E-state index contributed by atoms with van der Waals surface area (Å²) < 4.78 is 5.37. The lowest BCUT2D eigenvalue weighted by atomic mass is 10.0. The van der Waals surface area contributed by atoms with E-state index in [4.69, 9.17) is 16.3 Å². The Balaban J connectivity index is 1.67. The molecule has 3 rings (SSSR count). The van der Waals surface area contributed by atoms with Crippen LogP contribution in [0, 0.1) is 12.8 Å². The molecule has 1 N–H and O–H groups in total. The summed E-state index contributed by atoms with van der Waals surface area (Å²) in [5.74, 6) is 0.583. The van der Waals surface area contributed by atoms with E-state index < -0.39 is 0 Å². The van der Waals surface area contributed by atoms with E-state index >= 15 is 0 Å². The zero-order valence-electron chi connectivity index (χ0n) is 13.3. The summed E-state index contributed by atoms with van der Waals surface area (Å²) in [7, 11) is 0. The number of aromatic nitrogens is 1. The molecule has 0 spiro atoms. The molecule has 1 amide bonds. The number of carbonyl (C=O) groups is 1. The fourth-order valence-electron chi connectivity index (χ4n) is 3.03. The summed E-state index contributed by atoms with van der Waals surface area (Å²) in [6.07, 6.45) is 3.21. The molecular formula is C18H21ClN2O2. The standard InChI is InChI=1S/C18H21ClN2O2/c1-12-10-15(14-5-2-6-16(19)17(14)21-12)18(22)20-8-3-4-13-7-9-23-11-13/h2,5-6,10,13H,3-4,7-9,11H2,1H3,(H,20,22). The van der Waals surface area contributed by atoms with Gasteiger partial charge < -0.3 is 10.1 Å². The van der Waals surface area contributed by atoms with Crippen molar-refractivity contribution >= 4 is 28.4 Å². The van der Waals surface area contributed by atoms with Crippen LogP contribution in [0.5, 0.6) is 0 Å². The molecule has 2 heterocycles. The molecule has 0 aliphatic carbocycles. The lowest BCUT2D eigenvalue weighted by Gasteiger charge is -2.11. The number of nitrogens with one attached hydrogen (secondary N) is 1. The van der Waals surface area contributed by atoms with Crippen molar-refractivity contribution in [2.24, 2.45) is 5.92 Å². The van der Waals surface area contributed by atoms with Crippen LogP contribution in [0.2, 0.25) is 5.02 Å². The molecule has 0 radical (unpaired) electrons. The van der Waals surface area contributed by atoms with Crippen molar-refractivity contribution in [1.82, 2.24) is 10.3 Å². The predicted molar refractivity (Wildman–Crippen MR) is 92.0 cm³/mol. The molecule has 2 aromatic rings. The minimum Gasteiger partial charge on any atom is -0.381 e. The van der Waals surface area contributed by atoms with Crippen molar-refractivity contribution in [1.29, 1.82) is 0 Å². The van der Waals surface area contributed by atoms with Gasteiger partial charge in [0.15, 0.2) is 0 Å². The SMILES string of the molecule is Cc1cc(C(=O)NCCCC2CCOC2)c2cccc(Cl)c2n1. The minimum atomic E-state index is -0.0644. The Hall–Kier alpha value is -1.65. The fourth-order valence-corrected chi connectivity index (χ4v) is 3.25. The molecule has 1 aromatic carbocycles. The molecule has 1 fully saturated rings. The molecule has 5 heteroatoms.